The number of methoxy groups -OCH3 is 1. The molecule has 226 valence electrons. The molecule has 0 N–H and O–H groups in total. The third kappa shape index (κ3) is 7.03. The molecule has 1 saturated heterocycles. The predicted octanol–water partition coefficient (Wildman–Crippen LogP) is 8.31. The van der Waals surface area contributed by atoms with Crippen molar-refractivity contribution in [3.05, 3.63) is 63.9 Å². The quantitative estimate of drug-likeness (QED) is 0.343. The number of morpholine rings is 1. The number of hydrogen-bond acceptors (Lipinski definition) is 4. The summed E-state index contributed by atoms with van der Waals surface area (Å²) in [4.78, 5) is 28.3. The summed E-state index contributed by atoms with van der Waals surface area (Å²) >= 11 is 0. The number of benzene rings is 1. The Kier molecular flexibility index (Phi) is 13.6. The molecule has 2 aromatic rings. The van der Waals surface area contributed by atoms with Gasteiger partial charge in [0.1, 0.15) is 0 Å². The molecule has 6 nitrogen and oxygen atoms in total. The number of hydrogen-bond donors (Lipinski definition) is 0. The number of carbonyl (C=O) groups is 2. The predicted molar refractivity (Wildman–Crippen MR) is 171 cm³/mol. The van der Waals surface area contributed by atoms with Crippen LogP contribution in [-0.4, -0.2) is 54.8 Å². The van der Waals surface area contributed by atoms with Crippen molar-refractivity contribution in [2.24, 2.45) is 0 Å². The minimum Gasteiger partial charge on any atom is -0.465 e. The number of esters is 1. The van der Waals surface area contributed by atoms with Crippen LogP contribution in [0, 0.1) is 0 Å². The first-order valence-electron chi connectivity index (χ1n) is 15.5. The van der Waals surface area contributed by atoms with E-state index < -0.39 is 0 Å². The maximum Gasteiger partial charge on any atom is 0.337 e. The van der Waals surface area contributed by atoms with Crippen LogP contribution in [0.4, 0.5) is 0 Å². The molecule has 0 bridgehead atoms. The van der Waals surface area contributed by atoms with E-state index in [1.807, 2.05) is 36.9 Å². The Hall–Kier alpha value is -3.12. The van der Waals surface area contributed by atoms with Crippen LogP contribution in [0.1, 0.15) is 109 Å². The summed E-state index contributed by atoms with van der Waals surface area (Å²) in [6.07, 6.45) is 7.32. The molecule has 1 aromatic carbocycles. The Morgan fingerprint density at radius 3 is 2.15 bits per heavy atom. The molecular formula is C35H52N2O4. The zero-order chi connectivity index (χ0) is 30.7. The molecule has 1 unspecified atom stereocenters. The van der Waals surface area contributed by atoms with Crippen molar-refractivity contribution < 1.29 is 19.1 Å². The molecule has 1 fully saturated rings. The van der Waals surface area contributed by atoms with Gasteiger partial charge in [-0.25, -0.2) is 4.79 Å². The topological polar surface area (TPSA) is 60.8 Å². The number of amides is 1. The monoisotopic (exact) mass is 564 g/mol. The third-order valence-corrected chi connectivity index (χ3v) is 7.67. The summed E-state index contributed by atoms with van der Waals surface area (Å²) in [5.41, 5.74) is 8.07. The normalized spacial score (nSPS) is 17.8. The zero-order valence-electron chi connectivity index (χ0n) is 27.1. The third-order valence-electron chi connectivity index (χ3n) is 7.67. The smallest absolute Gasteiger partial charge is 0.337 e. The molecule has 6 heteroatoms. The second-order valence-corrected chi connectivity index (χ2v) is 10.2. The van der Waals surface area contributed by atoms with E-state index in [4.69, 9.17) is 9.47 Å². The average molecular weight is 565 g/mol. The number of nitrogens with zero attached hydrogens (tertiary/aromatic N) is 2. The molecule has 1 aromatic heterocycles. The lowest BCUT2D eigenvalue weighted by Gasteiger charge is -2.29. The van der Waals surface area contributed by atoms with Gasteiger partial charge in [-0.15, -0.1) is 0 Å². The first-order valence-corrected chi connectivity index (χ1v) is 15.5. The first-order chi connectivity index (χ1) is 19.8. The van der Waals surface area contributed by atoms with Crippen molar-refractivity contribution in [1.29, 1.82) is 0 Å². The van der Waals surface area contributed by atoms with Gasteiger partial charge in [0.25, 0.3) is 5.91 Å². The van der Waals surface area contributed by atoms with Gasteiger partial charge >= 0.3 is 5.97 Å². The number of allylic oxidation sites excluding steroid dienone is 5. The maximum atomic E-state index is 14.0. The van der Waals surface area contributed by atoms with Crippen molar-refractivity contribution >= 4 is 28.4 Å². The van der Waals surface area contributed by atoms with E-state index in [-0.39, 0.29) is 11.9 Å². The van der Waals surface area contributed by atoms with Crippen LogP contribution in [0.15, 0.2) is 47.1 Å². The summed E-state index contributed by atoms with van der Waals surface area (Å²) in [5, 5.41) is 1.12. The molecule has 2 aliphatic rings. The van der Waals surface area contributed by atoms with Gasteiger partial charge in [-0.2, -0.15) is 0 Å². The van der Waals surface area contributed by atoms with E-state index in [1.54, 1.807) is 0 Å². The largest absolute Gasteiger partial charge is 0.465 e. The first kappa shape index (κ1) is 34.1. The highest BCUT2D eigenvalue weighted by Gasteiger charge is 2.33. The standard InChI is InChI=1S/C30H38N2O4.C3H8.C2H6/c1-7-19(5)27-24-12-11-20(30(34)35-6)17-26(24)32-18-25(29(33)31-13-15-36-16-14-31)22(9-3)21(8-2)23(10-4)28(27)32;1-3-2;1-2/h8,10-12,17,19H,7,9,13-16,18H2,1-6H3;3H2,1-2H3;1-2H3/b21-8-,23-10+;;. The molecule has 3 heterocycles. The van der Waals surface area contributed by atoms with Crippen molar-refractivity contribution in [2.45, 2.75) is 94.0 Å². The van der Waals surface area contributed by atoms with Crippen molar-refractivity contribution in [3.63, 3.8) is 0 Å². The minimum absolute atomic E-state index is 0.0777. The number of ether oxygens (including phenoxy) is 2. The van der Waals surface area contributed by atoms with Gasteiger partial charge in [0.2, 0.25) is 0 Å². The lowest BCUT2D eigenvalue weighted by molar-refractivity contribution is -0.131. The molecule has 41 heavy (non-hydrogen) atoms. The summed E-state index contributed by atoms with van der Waals surface area (Å²) in [5.74, 6) is 0.0252. The summed E-state index contributed by atoms with van der Waals surface area (Å²) in [6.45, 7) is 21.8. The highest BCUT2D eigenvalue weighted by atomic mass is 16.5. The molecule has 4 rings (SSSR count). The lowest BCUT2D eigenvalue weighted by atomic mass is 9.86. The van der Waals surface area contributed by atoms with E-state index in [1.165, 1.54) is 19.1 Å². The van der Waals surface area contributed by atoms with Gasteiger partial charge in [-0.05, 0) is 61.4 Å². The highest BCUT2D eigenvalue weighted by Crippen LogP contribution is 2.45. The Bertz CT molecular complexity index is 1290. The fraction of sp³-hybridized carbons (Fsp3) is 0.543. The Balaban J connectivity index is 0.00000110. The second-order valence-electron chi connectivity index (χ2n) is 10.2. The van der Waals surface area contributed by atoms with Crippen molar-refractivity contribution in [3.8, 4) is 0 Å². The van der Waals surface area contributed by atoms with Gasteiger partial charge in [0.15, 0.2) is 0 Å². The second kappa shape index (κ2) is 16.4. The average Bonchev–Trinajstić information content (AvgIpc) is 3.25. The van der Waals surface area contributed by atoms with Crippen molar-refractivity contribution in [2.75, 3.05) is 33.4 Å². The van der Waals surface area contributed by atoms with E-state index in [2.05, 4.69) is 65.2 Å². The molecule has 0 saturated carbocycles. The van der Waals surface area contributed by atoms with E-state index in [0.717, 1.165) is 51.7 Å². The van der Waals surface area contributed by atoms with Crippen LogP contribution in [0.25, 0.3) is 16.5 Å². The van der Waals surface area contributed by atoms with Crippen LogP contribution in [-0.2, 0) is 20.8 Å². The van der Waals surface area contributed by atoms with Crippen LogP contribution in [0.2, 0.25) is 0 Å². The minimum atomic E-state index is -0.360. The van der Waals surface area contributed by atoms with Crippen LogP contribution in [0.5, 0.6) is 0 Å². The summed E-state index contributed by atoms with van der Waals surface area (Å²) in [7, 11) is 1.40. The van der Waals surface area contributed by atoms with Gasteiger partial charge in [0.05, 0.1) is 38.1 Å². The van der Waals surface area contributed by atoms with Crippen molar-refractivity contribution in [1.82, 2.24) is 9.47 Å². The molecule has 0 radical (unpaired) electrons. The Morgan fingerprint density at radius 1 is 1.02 bits per heavy atom. The summed E-state index contributed by atoms with van der Waals surface area (Å²) < 4.78 is 12.8. The summed E-state index contributed by atoms with van der Waals surface area (Å²) in [6, 6.07) is 5.81. The van der Waals surface area contributed by atoms with Gasteiger partial charge < -0.3 is 18.9 Å². The van der Waals surface area contributed by atoms with Gasteiger partial charge in [-0.1, -0.05) is 73.1 Å². The number of rotatable bonds is 5. The Morgan fingerprint density at radius 2 is 1.63 bits per heavy atom. The van der Waals surface area contributed by atoms with Gasteiger partial charge in [0, 0.05) is 35.1 Å². The number of aromatic nitrogens is 1. The molecule has 1 amide bonds. The molecule has 0 aliphatic carbocycles. The molecule has 0 spiro atoms. The molecule has 2 aliphatic heterocycles. The van der Waals surface area contributed by atoms with E-state index >= 15 is 0 Å². The maximum absolute atomic E-state index is 14.0. The SMILES string of the molecule is C/C=C1/C(CC)=C(C(=O)N2CCOCC2)Cn2c(c(C(C)CC)c3ccc(C(=O)OC)cc32)/C1=C/C.CC.CCC. The van der Waals surface area contributed by atoms with E-state index in [9.17, 15) is 9.59 Å². The fourth-order valence-corrected chi connectivity index (χ4v) is 5.66. The van der Waals surface area contributed by atoms with Crippen LogP contribution >= 0.6 is 0 Å². The molecular weight excluding hydrogens is 512 g/mol. The van der Waals surface area contributed by atoms with Crippen LogP contribution in [0.3, 0.4) is 0 Å². The van der Waals surface area contributed by atoms with Gasteiger partial charge in [-0.3, -0.25) is 4.79 Å². The highest BCUT2D eigenvalue weighted by molar-refractivity contribution is 6.03. The zero-order valence-corrected chi connectivity index (χ0v) is 27.1. The Labute approximate surface area is 248 Å². The number of fused-ring (bicyclic) bond motifs is 3. The van der Waals surface area contributed by atoms with E-state index in [0.29, 0.717) is 44.3 Å². The fourth-order valence-electron chi connectivity index (χ4n) is 5.66. The molecule has 1 atom stereocenters. The number of carbonyl (C=O) groups excluding carboxylic acids is 2. The van der Waals surface area contributed by atoms with Crippen LogP contribution < -0.4 is 0 Å². The lowest BCUT2D eigenvalue weighted by Crippen LogP contribution is -2.42.